The maximum atomic E-state index is 10.6. The second-order valence-electron chi connectivity index (χ2n) is 2.90. The molecule has 1 unspecified atom stereocenters. The zero-order valence-corrected chi connectivity index (χ0v) is 9.28. The first-order valence-electron chi connectivity index (χ1n) is 4.28. The van der Waals surface area contributed by atoms with Gasteiger partial charge in [0, 0.05) is 18.1 Å². The van der Waals surface area contributed by atoms with E-state index in [0.29, 0.717) is 0 Å². The first-order valence-corrected chi connectivity index (χ1v) is 5.16. The Morgan fingerprint density at radius 2 is 2.27 bits per heavy atom. The topological polar surface area (TPSA) is 78.4 Å². The second-order valence-corrected chi connectivity index (χ2v) is 4.27. The van der Waals surface area contributed by atoms with E-state index >= 15 is 0 Å². The second kappa shape index (κ2) is 4.99. The lowest BCUT2D eigenvalue weighted by Gasteiger charge is -2.08. The molecule has 1 aromatic rings. The standard InChI is InChI=1S/C9H12N2O3S/c1-6(14-2)15-7-3-4-8(10)9(5-7)11(12)13/h3-6H,10H2,1-2H3. The predicted molar refractivity (Wildman–Crippen MR) is 59.8 cm³/mol. The number of nitro benzene ring substituents is 1. The molecule has 0 aliphatic rings. The van der Waals surface area contributed by atoms with Crippen LogP contribution in [0, 0.1) is 10.1 Å². The molecule has 1 aromatic carbocycles. The molecule has 15 heavy (non-hydrogen) atoms. The van der Waals surface area contributed by atoms with Gasteiger partial charge in [-0.1, -0.05) is 11.8 Å². The Labute approximate surface area is 91.8 Å². The summed E-state index contributed by atoms with van der Waals surface area (Å²) in [7, 11) is 1.59. The third kappa shape index (κ3) is 3.10. The van der Waals surface area contributed by atoms with Crippen LogP contribution in [0.15, 0.2) is 23.1 Å². The SMILES string of the molecule is COC(C)Sc1ccc(N)c([N+](=O)[O-])c1. The van der Waals surface area contributed by atoms with Crippen LogP contribution in [0.5, 0.6) is 0 Å². The highest BCUT2D eigenvalue weighted by Gasteiger charge is 2.13. The highest BCUT2D eigenvalue weighted by Crippen LogP contribution is 2.30. The minimum atomic E-state index is -0.489. The van der Waals surface area contributed by atoms with Crippen LogP contribution in [0.2, 0.25) is 0 Å². The molecule has 6 heteroatoms. The van der Waals surface area contributed by atoms with Crippen molar-refractivity contribution in [2.45, 2.75) is 17.3 Å². The Bertz CT molecular complexity index is 370. The predicted octanol–water partition coefficient (Wildman–Crippen LogP) is 2.26. The molecule has 82 valence electrons. The van der Waals surface area contributed by atoms with Gasteiger partial charge in [-0.25, -0.2) is 0 Å². The third-order valence-electron chi connectivity index (χ3n) is 1.83. The number of nitrogen functional groups attached to an aromatic ring is 1. The van der Waals surface area contributed by atoms with Gasteiger partial charge in [0.05, 0.1) is 4.92 Å². The van der Waals surface area contributed by atoms with Crippen molar-refractivity contribution in [2.24, 2.45) is 0 Å². The lowest BCUT2D eigenvalue weighted by molar-refractivity contribution is -0.384. The van der Waals surface area contributed by atoms with Crippen molar-refractivity contribution in [3.05, 3.63) is 28.3 Å². The van der Waals surface area contributed by atoms with E-state index in [0.717, 1.165) is 4.90 Å². The number of rotatable bonds is 4. The number of benzene rings is 1. The zero-order valence-electron chi connectivity index (χ0n) is 8.47. The normalized spacial score (nSPS) is 12.4. The fourth-order valence-corrected chi connectivity index (χ4v) is 1.80. The van der Waals surface area contributed by atoms with E-state index in [1.807, 2.05) is 6.92 Å². The van der Waals surface area contributed by atoms with Gasteiger partial charge in [-0.2, -0.15) is 0 Å². The minimum absolute atomic E-state index is 0.0479. The summed E-state index contributed by atoms with van der Waals surface area (Å²) in [4.78, 5) is 10.9. The molecule has 1 rings (SSSR count). The van der Waals surface area contributed by atoms with Crippen molar-refractivity contribution >= 4 is 23.1 Å². The van der Waals surface area contributed by atoms with Crippen LogP contribution >= 0.6 is 11.8 Å². The van der Waals surface area contributed by atoms with Crippen LogP contribution in [0.1, 0.15) is 6.92 Å². The monoisotopic (exact) mass is 228 g/mol. The molecule has 0 saturated heterocycles. The number of methoxy groups -OCH3 is 1. The molecule has 0 bridgehead atoms. The first kappa shape index (κ1) is 11.8. The van der Waals surface area contributed by atoms with Crippen molar-refractivity contribution in [1.29, 1.82) is 0 Å². The molecular formula is C9H12N2O3S. The number of thioether (sulfide) groups is 1. The van der Waals surface area contributed by atoms with Gasteiger partial charge in [0.1, 0.15) is 11.1 Å². The molecule has 5 nitrogen and oxygen atoms in total. The number of nitrogens with two attached hydrogens (primary N) is 1. The van der Waals surface area contributed by atoms with E-state index in [4.69, 9.17) is 10.5 Å². The van der Waals surface area contributed by atoms with Crippen LogP contribution in [-0.4, -0.2) is 17.5 Å². The molecule has 0 amide bonds. The van der Waals surface area contributed by atoms with E-state index in [1.54, 1.807) is 13.2 Å². The Balaban J connectivity index is 2.92. The van der Waals surface area contributed by atoms with E-state index in [-0.39, 0.29) is 16.8 Å². The Morgan fingerprint density at radius 1 is 1.60 bits per heavy atom. The van der Waals surface area contributed by atoms with Crippen LogP contribution in [0.4, 0.5) is 11.4 Å². The number of nitro groups is 1. The third-order valence-corrected chi connectivity index (χ3v) is 2.88. The summed E-state index contributed by atoms with van der Waals surface area (Å²) in [5.74, 6) is 0. The maximum Gasteiger partial charge on any atom is 0.293 e. The van der Waals surface area contributed by atoms with Crippen molar-refractivity contribution in [3.8, 4) is 0 Å². The first-order chi connectivity index (χ1) is 7.04. The van der Waals surface area contributed by atoms with Crippen LogP contribution in [0.25, 0.3) is 0 Å². The molecule has 1 atom stereocenters. The van der Waals surface area contributed by atoms with Crippen LogP contribution in [0.3, 0.4) is 0 Å². The van der Waals surface area contributed by atoms with Gasteiger partial charge in [-0.15, -0.1) is 0 Å². The largest absolute Gasteiger partial charge is 0.393 e. The summed E-state index contributed by atoms with van der Waals surface area (Å²) in [6.07, 6.45) is 0. The molecule has 0 aliphatic heterocycles. The summed E-state index contributed by atoms with van der Waals surface area (Å²) in [5.41, 5.74) is 5.53. The van der Waals surface area contributed by atoms with Gasteiger partial charge in [0.15, 0.2) is 0 Å². The minimum Gasteiger partial charge on any atom is -0.393 e. The Kier molecular flexibility index (Phi) is 3.93. The van der Waals surface area contributed by atoms with Gasteiger partial charge in [-0.3, -0.25) is 10.1 Å². The summed E-state index contributed by atoms with van der Waals surface area (Å²) in [6, 6.07) is 4.72. The molecule has 0 aliphatic carbocycles. The van der Waals surface area contributed by atoms with Crippen LogP contribution < -0.4 is 5.73 Å². The number of hydrogen-bond donors (Lipinski definition) is 1. The number of ether oxygens (including phenoxy) is 1. The quantitative estimate of drug-likeness (QED) is 0.281. The van der Waals surface area contributed by atoms with Gasteiger partial charge in [-0.05, 0) is 19.1 Å². The smallest absolute Gasteiger partial charge is 0.293 e. The lowest BCUT2D eigenvalue weighted by Crippen LogP contribution is -1.99. The molecule has 0 spiro atoms. The molecule has 0 radical (unpaired) electrons. The average molecular weight is 228 g/mol. The summed E-state index contributed by atoms with van der Waals surface area (Å²) in [5, 5.41) is 10.6. The van der Waals surface area contributed by atoms with Crippen LogP contribution in [-0.2, 0) is 4.74 Å². The van der Waals surface area contributed by atoms with Crippen molar-refractivity contribution in [2.75, 3.05) is 12.8 Å². The highest BCUT2D eigenvalue weighted by molar-refractivity contribution is 7.99. The zero-order chi connectivity index (χ0) is 11.4. The van der Waals surface area contributed by atoms with E-state index in [9.17, 15) is 10.1 Å². The van der Waals surface area contributed by atoms with Gasteiger partial charge < -0.3 is 10.5 Å². The molecule has 0 aromatic heterocycles. The van der Waals surface area contributed by atoms with Crippen molar-refractivity contribution < 1.29 is 9.66 Å². The number of nitrogens with zero attached hydrogens (tertiary/aromatic N) is 1. The fraction of sp³-hybridized carbons (Fsp3) is 0.333. The summed E-state index contributed by atoms with van der Waals surface area (Å²) in [6.45, 7) is 1.87. The average Bonchev–Trinajstić information content (AvgIpc) is 2.20. The van der Waals surface area contributed by atoms with Gasteiger partial charge in [0.25, 0.3) is 5.69 Å². The van der Waals surface area contributed by atoms with Crippen molar-refractivity contribution in [3.63, 3.8) is 0 Å². The summed E-state index contributed by atoms with van der Waals surface area (Å²) >= 11 is 1.40. The number of anilines is 1. The van der Waals surface area contributed by atoms with Gasteiger partial charge >= 0.3 is 0 Å². The highest BCUT2D eigenvalue weighted by atomic mass is 32.2. The van der Waals surface area contributed by atoms with E-state index < -0.39 is 4.92 Å². The summed E-state index contributed by atoms with van der Waals surface area (Å²) < 4.78 is 5.05. The molecule has 0 saturated carbocycles. The lowest BCUT2D eigenvalue weighted by atomic mass is 10.3. The Hall–Kier alpha value is -1.27. The molecule has 0 heterocycles. The van der Waals surface area contributed by atoms with Gasteiger partial charge in [0.2, 0.25) is 0 Å². The Morgan fingerprint density at radius 3 is 2.80 bits per heavy atom. The molecule has 2 N–H and O–H groups in total. The van der Waals surface area contributed by atoms with E-state index in [1.165, 1.54) is 23.9 Å². The van der Waals surface area contributed by atoms with Crippen molar-refractivity contribution in [1.82, 2.24) is 0 Å². The number of hydrogen-bond acceptors (Lipinski definition) is 5. The maximum absolute atomic E-state index is 10.6. The molecular weight excluding hydrogens is 216 g/mol. The van der Waals surface area contributed by atoms with E-state index in [2.05, 4.69) is 0 Å². The molecule has 0 fully saturated rings. The fourth-order valence-electron chi connectivity index (χ4n) is 0.995.